The molecule has 102 valence electrons. The van der Waals surface area contributed by atoms with Crippen LogP contribution in [0.1, 0.15) is 37.3 Å². The van der Waals surface area contributed by atoms with E-state index in [4.69, 9.17) is 5.11 Å². The number of nitrogens with zero attached hydrogens (tertiary/aromatic N) is 1. The summed E-state index contributed by atoms with van der Waals surface area (Å²) in [4.78, 5) is 13.1. The number of carboxylic acid groups (broad SMARTS) is 1. The van der Waals surface area contributed by atoms with Crippen molar-refractivity contribution >= 4 is 17.7 Å². The first-order valence-electron chi connectivity index (χ1n) is 6.86. The third-order valence-corrected chi connectivity index (χ3v) is 3.70. The normalized spacial score (nSPS) is 19.9. The molecular formula is C16H21NO2. The van der Waals surface area contributed by atoms with E-state index in [1.807, 2.05) is 6.92 Å². The van der Waals surface area contributed by atoms with E-state index in [1.54, 1.807) is 6.08 Å². The molecule has 1 aliphatic rings. The summed E-state index contributed by atoms with van der Waals surface area (Å²) < 4.78 is 0. The predicted octanol–water partition coefficient (Wildman–Crippen LogP) is 3.47. The molecular weight excluding hydrogens is 238 g/mol. The van der Waals surface area contributed by atoms with Crippen molar-refractivity contribution in [2.75, 3.05) is 11.4 Å². The number of hydrogen-bond acceptors (Lipinski definition) is 2. The minimum atomic E-state index is -0.904. The summed E-state index contributed by atoms with van der Waals surface area (Å²) in [6.07, 6.45) is 6.61. The molecule has 19 heavy (non-hydrogen) atoms. The van der Waals surface area contributed by atoms with E-state index in [-0.39, 0.29) is 0 Å². The first kappa shape index (κ1) is 13.7. The number of carboxylic acids is 1. The Hall–Kier alpha value is -1.77. The van der Waals surface area contributed by atoms with Crippen molar-refractivity contribution in [3.63, 3.8) is 0 Å². The number of rotatable bonds is 3. The van der Waals surface area contributed by atoms with Crippen LogP contribution in [0.2, 0.25) is 0 Å². The van der Waals surface area contributed by atoms with Gasteiger partial charge in [-0.25, -0.2) is 4.79 Å². The van der Waals surface area contributed by atoms with Crippen molar-refractivity contribution < 1.29 is 9.90 Å². The lowest BCUT2D eigenvalue weighted by atomic mass is 10.00. The molecule has 1 aromatic carbocycles. The van der Waals surface area contributed by atoms with Crippen molar-refractivity contribution in [2.45, 2.75) is 39.2 Å². The zero-order valence-electron chi connectivity index (χ0n) is 11.6. The Labute approximate surface area is 114 Å². The monoisotopic (exact) mass is 259 g/mol. The lowest BCUT2D eigenvalue weighted by Gasteiger charge is -2.36. The van der Waals surface area contributed by atoms with Crippen LogP contribution < -0.4 is 4.90 Å². The number of benzene rings is 1. The Morgan fingerprint density at radius 1 is 1.42 bits per heavy atom. The van der Waals surface area contributed by atoms with Gasteiger partial charge in [0, 0.05) is 24.4 Å². The molecule has 1 aliphatic heterocycles. The van der Waals surface area contributed by atoms with Gasteiger partial charge in [0.15, 0.2) is 0 Å². The molecule has 0 radical (unpaired) electrons. The molecule has 1 fully saturated rings. The minimum Gasteiger partial charge on any atom is -0.478 e. The van der Waals surface area contributed by atoms with Gasteiger partial charge in [-0.15, -0.1) is 0 Å². The second kappa shape index (κ2) is 5.91. The van der Waals surface area contributed by atoms with Crippen LogP contribution in [-0.2, 0) is 4.79 Å². The minimum absolute atomic E-state index is 0.522. The maximum atomic E-state index is 10.7. The third-order valence-electron chi connectivity index (χ3n) is 3.70. The first-order chi connectivity index (χ1) is 9.08. The second-order valence-corrected chi connectivity index (χ2v) is 5.27. The van der Waals surface area contributed by atoms with Gasteiger partial charge in [-0.1, -0.05) is 11.6 Å². The second-order valence-electron chi connectivity index (χ2n) is 5.27. The fraction of sp³-hybridized carbons (Fsp3) is 0.438. The van der Waals surface area contributed by atoms with Crippen LogP contribution in [0.15, 0.2) is 24.3 Å². The molecule has 1 aromatic rings. The van der Waals surface area contributed by atoms with Gasteiger partial charge in [0.2, 0.25) is 0 Å². The highest BCUT2D eigenvalue weighted by Gasteiger charge is 2.20. The van der Waals surface area contributed by atoms with Crippen LogP contribution in [0, 0.1) is 6.92 Å². The molecule has 0 aromatic heterocycles. The lowest BCUT2D eigenvalue weighted by Crippen LogP contribution is -2.37. The molecule has 1 atom stereocenters. The standard InChI is InChI=1S/C16H21NO2/c1-12-6-8-15(14(11-12)7-9-16(18)19)17-10-4-3-5-13(17)2/h6-9,11,13H,3-5,10H2,1-2H3,(H,18,19)/b9-7+. The number of aliphatic carboxylic acids is 1. The molecule has 0 saturated carbocycles. The average Bonchev–Trinajstić information content (AvgIpc) is 2.37. The van der Waals surface area contributed by atoms with Crippen LogP contribution in [-0.4, -0.2) is 23.7 Å². The van der Waals surface area contributed by atoms with E-state index in [0.29, 0.717) is 6.04 Å². The maximum Gasteiger partial charge on any atom is 0.328 e. The number of hydrogen-bond donors (Lipinski definition) is 1. The van der Waals surface area contributed by atoms with Crippen LogP contribution in [0.5, 0.6) is 0 Å². The van der Waals surface area contributed by atoms with Crippen molar-refractivity contribution in [3.8, 4) is 0 Å². The molecule has 1 saturated heterocycles. The van der Waals surface area contributed by atoms with Gasteiger partial charge >= 0.3 is 5.97 Å². The zero-order valence-corrected chi connectivity index (χ0v) is 11.6. The van der Waals surface area contributed by atoms with E-state index >= 15 is 0 Å². The zero-order chi connectivity index (χ0) is 13.8. The first-order valence-corrected chi connectivity index (χ1v) is 6.86. The molecule has 0 spiro atoms. The van der Waals surface area contributed by atoms with Gasteiger partial charge in [0.25, 0.3) is 0 Å². The highest BCUT2D eigenvalue weighted by molar-refractivity contribution is 5.87. The van der Waals surface area contributed by atoms with Gasteiger partial charge in [-0.3, -0.25) is 0 Å². The fourth-order valence-electron chi connectivity index (χ4n) is 2.69. The third kappa shape index (κ3) is 3.37. The number of piperidine rings is 1. The summed E-state index contributed by atoms with van der Waals surface area (Å²) in [5, 5.41) is 8.80. The molecule has 1 N–H and O–H groups in total. The van der Waals surface area contributed by atoms with E-state index in [0.717, 1.165) is 23.4 Å². The Kier molecular flexibility index (Phi) is 4.25. The van der Waals surface area contributed by atoms with Gasteiger partial charge in [-0.2, -0.15) is 0 Å². The fourth-order valence-corrected chi connectivity index (χ4v) is 2.69. The topological polar surface area (TPSA) is 40.5 Å². The Balaban J connectivity index is 2.35. The quantitative estimate of drug-likeness (QED) is 0.845. The lowest BCUT2D eigenvalue weighted by molar-refractivity contribution is -0.131. The molecule has 2 rings (SSSR count). The van der Waals surface area contributed by atoms with Crippen molar-refractivity contribution in [1.29, 1.82) is 0 Å². The molecule has 3 heteroatoms. The SMILES string of the molecule is Cc1ccc(N2CCCCC2C)c(/C=C/C(=O)O)c1. The van der Waals surface area contributed by atoms with E-state index in [2.05, 4.69) is 30.0 Å². The largest absolute Gasteiger partial charge is 0.478 e. The Morgan fingerprint density at radius 2 is 2.21 bits per heavy atom. The molecule has 3 nitrogen and oxygen atoms in total. The summed E-state index contributed by atoms with van der Waals surface area (Å²) in [6, 6.07) is 6.78. The van der Waals surface area contributed by atoms with Gasteiger partial charge in [-0.05, 0) is 56.9 Å². The van der Waals surface area contributed by atoms with Gasteiger partial charge < -0.3 is 10.0 Å². The Bertz CT molecular complexity index is 494. The number of carbonyl (C=O) groups is 1. The highest BCUT2D eigenvalue weighted by Crippen LogP contribution is 2.29. The summed E-state index contributed by atoms with van der Waals surface area (Å²) >= 11 is 0. The average molecular weight is 259 g/mol. The van der Waals surface area contributed by atoms with E-state index in [1.165, 1.54) is 25.3 Å². The molecule has 0 bridgehead atoms. The van der Waals surface area contributed by atoms with E-state index < -0.39 is 5.97 Å². The molecule has 1 heterocycles. The summed E-state index contributed by atoms with van der Waals surface area (Å²) in [6.45, 7) is 5.32. The van der Waals surface area contributed by atoms with Crippen molar-refractivity contribution in [3.05, 3.63) is 35.4 Å². The van der Waals surface area contributed by atoms with Crippen molar-refractivity contribution in [1.82, 2.24) is 0 Å². The molecule has 0 aliphatic carbocycles. The number of aryl methyl sites for hydroxylation is 1. The van der Waals surface area contributed by atoms with Gasteiger partial charge in [0.05, 0.1) is 0 Å². The van der Waals surface area contributed by atoms with Crippen LogP contribution >= 0.6 is 0 Å². The number of anilines is 1. The molecule has 1 unspecified atom stereocenters. The summed E-state index contributed by atoms with van der Waals surface area (Å²) in [5.74, 6) is -0.904. The van der Waals surface area contributed by atoms with Gasteiger partial charge in [0.1, 0.15) is 0 Å². The van der Waals surface area contributed by atoms with E-state index in [9.17, 15) is 4.79 Å². The van der Waals surface area contributed by atoms with Crippen LogP contribution in [0.3, 0.4) is 0 Å². The smallest absolute Gasteiger partial charge is 0.328 e. The maximum absolute atomic E-state index is 10.7. The highest BCUT2D eigenvalue weighted by atomic mass is 16.4. The van der Waals surface area contributed by atoms with Crippen LogP contribution in [0.4, 0.5) is 5.69 Å². The summed E-state index contributed by atoms with van der Waals surface area (Å²) in [7, 11) is 0. The predicted molar refractivity (Wildman–Crippen MR) is 78.5 cm³/mol. The Morgan fingerprint density at radius 3 is 2.89 bits per heavy atom. The summed E-state index contributed by atoms with van der Waals surface area (Å²) in [5.41, 5.74) is 3.30. The van der Waals surface area contributed by atoms with Crippen molar-refractivity contribution in [2.24, 2.45) is 0 Å². The van der Waals surface area contributed by atoms with Crippen LogP contribution in [0.25, 0.3) is 6.08 Å². The molecule has 0 amide bonds.